The van der Waals surface area contributed by atoms with Crippen LogP contribution in [0.1, 0.15) is 18.4 Å². The van der Waals surface area contributed by atoms with Crippen molar-refractivity contribution in [3.63, 3.8) is 0 Å². The van der Waals surface area contributed by atoms with Crippen LogP contribution in [0, 0.1) is 15.9 Å². The average molecular weight is 310 g/mol. The van der Waals surface area contributed by atoms with Crippen molar-refractivity contribution in [2.75, 3.05) is 20.2 Å². The lowest BCUT2D eigenvalue weighted by Crippen LogP contribution is -2.35. The molecule has 0 saturated carbocycles. The Kier molecular flexibility index (Phi) is 4.59. The van der Waals surface area contributed by atoms with Gasteiger partial charge in [-0.3, -0.25) is 10.1 Å². The molecule has 118 valence electrons. The van der Waals surface area contributed by atoms with Crippen molar-refractivity contribution < 1.29 is 24.0 Å². The minimum Gasteiger partial charge on any atom is -0.488 e. The van der Waals surface area contributed by atoms with E-state index in [1.807, 2.05) is 0 Å². The molecule has 1 N–H and O–H groups in total. The molecule has 2 rings (SSSR count). The number of rotatable bonds is 3. The van der Waals surface area contributed by atoms with Gasteiger partial charge in [0.25, 0.3) is 0 Å². The second-order valence-corrected chi connectivity index (χ2v) is 4.88. The van der Waals surface area contributed by atoms with E-state index in [0.29, 0.717) is 31.5 Å². The summed E-state index contributed by atoms with van der Waals surface area (Å²) in [6.45, 7) is 0.726. The van der Waals surface area contributed by atoms with Crippen LogP contribution in [0.5, 0.6) is 5.75 Å². The van der Waals surface area contributed by atoms with Gasteiger partial charge in [0.05, 0.1) is 12.0 Å². The van der Waals surface area contributed by atoms with E-state index in [2.05, 4.69) is 0 Å². The van der Waals surface area contributed by atoms with Crippen molar-refractivity contribution in [2.24, 2.45) is 0 Å². The van der Waals surface area contributed by atoms with E-state index in [1.54, 1.807) is 6.08 Å². The third kappa shape index (κ3) is 3.33. The third-order valence-corrected chi connectivity index (χ3v) is 3.49. The molecule has 0 aromatic heterocycles. The second kappa shape index (κ2) is 6.42. The van der Waals surface area contributed by atoms with Crippen molar-refractivity contribution in [3.05, 3.63) is 39.2 Å². The summed E-state index contributed by atoms with van der Waals surface area (Å²) >= 11 is 0. The number of carboxylic acid groups (broad SMARTS) is 1. The van der Waals surface area contributed by atoms with Crippen molar-refractivity contribution >= 4 is 17.9 Å². The molecule has 22 heavy (non-hydrogen) atoms. The summed E-state index contributed by atoms with van der Waals surface area (Å²) in [5, 5.41) is 19.8. The number of carbonyl (C=O) groups is 1. The smallest absolute Gasteiger partial charge is 0.407 e. The van der Waals surface area contributed by atoms with Crippen LogP contribution in [0.2, 0.25) is 0 Å². The van der Waals surface area contributed by atoms with Crippen molar-refractivity contribution in [1.29, 1.82) is 0 Å². The van der Waals surface area contributed by atoms with Crippen LogP contribution in [-0.4, -0.2) is 41.2 Å². The zero-order valence-electron chi connectivity index (χ0n) is 11.9. The lowest BCUT2D eigenvalue weighted by Gasteiger charge is -2.25. The summed E-state index contributed by atoms with van der Waals surface area (Å²) in [5.41, 5.74) is 0.859. The maximum atomic E-state index is 13.8. The molecule has 1 heterocycles. The molecule has 0 aliphatic carbocycles. The Morgan fingerprint density at radius 3 is 2.59 bits per heavy atom. The van der Waals surface area contributed by atoms with Gasteiger partial charge in [-0.1, -0.05) is 11.6 Å². The first-order chi connectivity index (χ1) is 10.4. The first-order valence-corrected chi connectivity index (χ1v) is 6.61. The van der Waals surface area contributed by atoms with Crippen LogP contribution in [-0.2, 0) is 0 Å². The van der Waals surface area contributed by atoms with E-state index in [1.165, 1.54) is 24.1 Å². The second-order valence-electron chi connectivity index (χ2n) is 4.88. The minimum absolute atomic E-state index is 0.363. The number of halogens is 1. The first-order valence-electron chi connectivity index (χ1n) is 6.61. The number of piperidine rings is 1. The van der Waals surface area contributed by atoms with E-state index in [9.17, 15) is 19.3 Å². The summed E-state index contributed by atoms with van der Waals surface area (Å²) < 4.78 is 18.6. The Bertz CT molecular complexity index is 634. The summed E-state index contributed by atoms with van der Waals surface area (Å²) in [4.78, 5) is 22.4. The van der Waals surface area contributed by atoms with Gasteiger partial charge >= 0.3 is 11.8 Å². The number of nitro groups is 1. The molecular weight excluding hydrogens is 295 g/mol. The maximum Gasteiger partial charge on any atom is 0.407 e. The fraction of sp³-hybridized carbons (Fsp3) is 0.357. The van der Waals surface area contributed by atoms with Gasteiger partial charge in [0.15, 0.2) is 5.82 Å². The number of ether oxygens (including phenoxy) is 1. The van der Waals surface area contributed by atoms with Crippen LogP contribution >= 0.6 is 0 Å². The van der Waals surface area contributed by atoms with Gasteiger partial charge in [-0.05, 0) is 24.5 Å². The van der Waals surface area contributed by atoms with E-state index in [0.717, 1.165) is 5.57 Å². The third-order valence-electron chi connectivity index (χ3n) is 3.49. The van der Waals surface area contributed by atoms with Gasteiger partial charge in [-0.15, -0.1) is 0 Å². The molecule has 1 aromatic rings. The standard InChI is InChI=1S/C14H15FN2O5/c1-22-13-11(15)7-10(8-12(13)17(20)21)6-9-2-4-16(5-3-9)14(18)19/h6-8H,2-5H2,1H3,(H,18,19). The summed E-state index contributed by atoms with van der Waals surface area (Å²) in [7, 11) is 1.17. The number of hydrogen-bond acceptors (Lipinski definition) is 4. The van der Waals surface area contributed by atoms with Gasteiger partial charge in [0.1, 0.15) is 0 Å². The molecule has 0 atom stereocenters. The number of methoxy groups -OCH3 is 1. The predicted molar refractivity (Wildman–Crippen MR) is 76.4 cm³/mol. The normalized spacial score (nSPS) is 14.6. The average Bonchev–Trinajstić information content (AvgIpc) is 2.47. The Morgan fingerprint density at radius 1 is 1.45 bits per heavy atom. The van der Waals surface area contributed by atoms with E-state index in [-0.39, 0.29) is 0 Å². The van der Waals surface area contributed by atoms with E-state index >= 15 is 0 Å². The molecule has 0 unspecified atom stereocenters. The molecule has 1 amide bonds. The maximum absolute atomic E-state index is 13.8. The monoisotopic (exact) mass is 310 g/mol. The van der Waals surface area contributed by atoms with Crippen molar-refractivity contribution in [1.82, 2.24) is 4.90 Å². The van der Waals surface area contributed by atoms with Gasteiger partial charge in [-0.2, -0.15) is 0 Å². The van der Waals surface area contributed by atoms with Gasteiger partial charge in [-0.25, -0.2) is 9.18 Å². The summed E-state index contributed by atoms with van der Waals surface area (Å²) in [6, 6.07) is 2.42. The fourth-order valence-corrected chi connectivity index (χ4v) is 2.39. The Morgan fingerprint density at radius 2 is 2.09 bits per heavy atom. The molecule has 8 heteroatoms. The quantitative estimate of drug-likeness (QED) is 0.684. The lowest BCUT2D eigenvalue weighted by molar-refractivity contribution is -0.386. The van der Waals surface area contributed by atoms with Gasteiger partial charge < -0.3 is 14.7 Å². The van der Waals surface area contributed by atoms with Crippen LogP contribution < -0.4 is 4.74 Å². The molecule has 1 aromatic carbocycles. The topological polar surface area (TPSA) is 92.9 Å². The Hall–Kier alpha value is -2.64. The van der Waals surface area contributed by atoms with E-state index in [4.69, 9.17) is 9.84 Å². The molecule has 1 aliphatic heterocycles. The first kappa shape index (κ1) is 15.7. The number of amides is 1. The van der Waals surface area contributed by atoms with Crippen LogP contribution in [0.4, 0.5) is 14.9 Å². The lowest BCUT2D eigenvalue weighted by atomic mass is 10.0. The van der Waals surface area contributed by atoms with Crippen LogP contribution in [0.15, 0.2) is 17.7 Å². The van der Waals surface area contributed by atoms with Crippen molar-refractivity contribution in [2.45, 2.75) is 12.8 Å². The zero-order chi connectivity index (χ0) is 16.3. The fourth-order valence-electron chi connectivity index (χ4n) is 2.39. The number of benzene rings is 1. The van der Waals surface area contributed by atoms with Crippen LogP contribution in [0.25, 0.3) is 6.08 Å². The molecule has 0 spiro atoms. The van der Waals surface area contributed by atoms with Gasteiger partial charge in [0.2, 0.25) is 5.75 Å². The summed E-state index contributed by atoms with van der Waals surface area (Å²) in [5.74, 6) is -1.20. The molecule has 1 aliphatic rings. The molecule has 1 saturated heterocycles. The molecule has 1 fully saturated rings. The number of likely N-dealkylation sites (tertiary alicyclic amines) is 1. The van der Waals surface area contributed by atoms with Crippen molar-refractivity contribution in [3.8, 4) is 5.75 Å². The number of nitrogens with zero attached hydrogens (tertiary/aromatic N) is 2. The highest BCUT2D eigenvalue weighted by Crippen LogP contribution is 2.32. The predicted octanol–water partition coefficient (Wildman–Crippen LogP) is 2.90. The van der Waals surface area contributed by atoms with Crippen LogP contribution in [0.3, 0.4) is 0 Å². The highest BCUT2D eigenvalue weighted by molar-refractivity contribution is 5.66. The Balaban J connectivity index is 2.25. The molecule has 0 radical (unpaired) electrons. The highest BCUT2D eigenvalue weighted by atomic mass is 19.1. The molecule has 0 bridgehead atoms. The Labute approximate surface area is 125 Å². The number of hydrogen-bond donors (Lipinski definition) is 1. The zero-order valence-corrected chi connectivity index (χ0v) is 11.9. The van der Waals surface area contributed by atoms with Gasteiger partial charge in [0, 0.05) is 19.2 Å². The summed E-state index contributed by atoms with van der Waals surface area (Å²) in [6.07, 6.45) is 1.74. The molecule has 7 nitrogen and oxygen atoms in total. The SMILES string of the molecule is COc1c(F)cc(C=C2CCN(C(=O)O)CC2)cc1[N+](=O)[O-]. The largest absolute Gasteiger partial charge is 0.488 e. The molecular formula is C14H15FN2O5. The highest BCUT2D eigenvalue weighted by Gasteiger charge is 2.22. The number of nitro benzene ring substituents is 1. The minimum atomic E-state index is -0.967. The van der Waals surface area contributed by atoms with E-state index < -0.39 is 28.3 Å².